The van der Waals surface area contributed by atoms with Gasteiger partial charge in [-0.15, -0.1) is 0 Å². The lowest BCUT2D eigenvalue weighted by atomic mass is 10.0. The SMILES string of the molecule is CCCCCCCC/C=C\CCCCCCCC(=O)OCC(COP(=O)(O)OCCCC(=O)C(N)Cc1cnc[nH]1)OC(=O)CCCCCCCCCCCCCCCCC. The number of imidazole rings is 1. The van der Waals surface area contributed by atoms with Gasteiger partial charge in [-0.1, -0.05) is 167 Å². The highest BCUT2D eigenvalue weighted by atomic mass is 31.2. The number of nitrogens with zero attached hydrogens (tertiary/aromatic N) is 1. The average Bonchev–Trinajstić information content (AvgIpc) is 3.76. The van der Waals surface area contributed by atoms with Crippen molar-refractivity contribution in [2.45, 2.75) is 238 Å². The Balaban J connectivity index is 2.38. The van der Waals surface area contributed by atoms with E-state index in [1.807, 2.05) is 0 Å². The number of Topliss-reactive ketones (excluding diaryl/α,β-unsaturated/α-hetero) is 1. The number of carbonyl (C=O) groups excluding carboxylic acids is 3. The first-order valence-corrected chi connectivity index (χ1v) is 26.0. The van der Waals surface area contributed by atoms with Crippen LogP contribution in [0.2, 0.25) is 0 Å². The number of carbonyl (C=O) groups is 3. The van der Waals surface area contributed by atoms with Crippen LogP contribution in [0, 0.1) is 0 Å². The summed E-state index contributed by atoms with van der Waals surface area (Å²) < 4.78 is 33.9. The molecule has 1 rings (SSSR count). The summed E-state index contributed by atoms with van der Waals surface area (Å²) in [5, 5.41) is 0. The molecule has 1 heterocycles. The molecule has 3 atom stereocenters. The number of hydrogen-bond acceptors (Lipinski definition) is 10. The van der Waals surface area contributed by atoms with Crippen LogP contribution < -0.4 is 5.73 Å². The number of nitrogens with one attached hydrogen (secondary N) is 1. The molecule has 61 heavy (non-hydrogen) atoms. The second-order valence-electron chi connectivity index (χ2n) is 16.9. The molecule has 0 aliphatic carbocycles. The molecule has 0 aliphatic rings. The summed E-state index contributed by atoms with van der Waals surface area (Å²) in [5.41, 5.74) is 6.72. The van der Waals surface area contributed by atoms with Crippen molar-refractivity contribution in [2.24, 2.45) is 5.73 Å². The number of allylic oxidation sites excluding steroid dienone is 2. The first kappa shape index (κ1) is 56.6. The average molecular weight is 882 g/mol. The normalized spacial score (nSPS) is 13.6. The molecule has 0 radical (unpaired) electrons. The molecular formula is C48H88N3O9P. The van der Waals surface area contributed by atoms with Gasteiger partial charge in [-0.3, -0.25) is 23.4 Å². The highest BCUT2D eigenvalue weighted by Gasteiger charge is 2.26. The molecule has 0 saturated carbocycles. The van der Waals surface area contributed by atoms with Gasteiger partial charge in [0.25, 0.3) is 0 Å². The number of H-pyrrole nitrogens is 1. The minimum atomic E-state index is -4.56. The number of unbranched alkanes of at least 4 members (excludes halogenated alkanes) is 25. The van der Waals surface area contributed by atoms with E-state index in [1.165, 1.54) is 122 Å². The molecule has 0 fully saturated rings. The number of phosphoric acid groups is 1. The topological polar surface area (TPSA) is 180 Å². The van der Waals surface area contributed by atoms with Crippen LogP contribution in [0.15, 0.2) is 24.7 Å². The molecule has 0 aliphatic heterocycles. The lowest BCUT2D eigenvalue weighted by Crippen LogP contribution is -2.32. The monoisotopic (exact) mass is 882 g/mol. The fraction of sp³-hybridized carbons (Fsp3) is 0.833. The van der Waals surface area contributed by atoms with Crippen molar-refractivity contribution in [3.63, 3.8) is 0 Å². The third kappa shape index (κ3) is 36.8. The van der Waals surface area contributed by atoms with Crippen LogP contribution >= 0.6 is 7.82 Å². The van der Waals surface area contributed by atoms with Crippen molar-refractivity contribution < 1.29 is 42.4 Å². The van der Waals surface area contributed by atoms with Crippen LogP contribution in [0.1, 0.15) is 225 Å². The summed E-state index contributed by atoms with van der Waals surface area (Å²) >= 11 is 0. The van der Waals surface area contributed by atoms with Gasteiger partial charge in [0.15, 0.2) is 6.10 Å². The van der Waals surface area contributed by atoms with Crippen LogP contribution in [0.3, 0.4) is 0 Å². The minimum Gasteiger partial charge on any atom is -0.462 e. The Kier molecular flexibility index (Phi) is 37.5. The van der Waals surface area contributed by atoms with E-state index in [9.17, 15) is 23.8 Å². The number of aromatic nitrogens is 2. The number of ketones is 1. The van der Waals surface area contributed by atoms with E-state index < -0.39 is 38.5 Å². The minimum absolute atomic E-state index is 0.0570. The van der Waals surface area contributed by atoms with E-state index in [0.717, 1.165) is 57.1 Å². The lowest BCUT2D eigenvalue weighted by molar-refractivity contribution is -0.161. The van der Waals surface area contributed by atoms with Crippen molar-refractivity contribution in [2.75, 3.05) is 19.8 Å². The second-order valence-corrected chi connectivity index (χ2v) is 18.3. The third-order valence-electron chi connectivity index (χ3n) is 11.0. The Bertz CT molecular complexity index is 1260. The zero-order valence-electron chi connectivity index (χ0n) is 38.6. The lowest BCUT2D eigenvalue weighted by Gasteiger charge is -2.20. The van der Waals surface area contributed by atoms with Gasteiger partial charge < -0.3 is 25.1 Å². The van der Waals surface area contributed by atoms with Gasteiger partial charge >= 0.3 is 19.8 Å². The highest BCUT2D eigenvalue weighted by Crippen LogP contribution is 2.43. The smallest absolute Gasteiger partial charge is 0.462 e. The molecule has 4 N–H and O–H groups in total. The third-order valence-corrected chi connectivity index (χ3v) is 12.0. The summed E-state index contributed by atoms with van der Waals surface area (Å²) in [5.74, 6) is -1.10. The number of hydrogen-bond donors (Lipinski definition) is 3. The van der Waals surface area contributed by atoms with Gasteiger partial charge in [-0.05, 0) is 44.9 Å². The van der Waals surface area contributed by atoms with Crippen LogP contribution in [0.5, 0.6) is 0 Å². The summed E-state index contributed by atoms with van der Waals surface area (Å²) in [7, 11) is -4.56. The van der Waals surface area contributed by atoms with Gasteiger partial charge in [0, 0.05) is 37.6 Å². The molecule has 1 aromatic rings. The van der Waals surface area contributed by atoms with Gasteiger partial charge in [-0.2, -0.15) is 0 Å². The number of esters is 2. The van der Waals surface area contributed by atoms with Gasteiger partial charge in [0.05, 0.1) is 25.6 Å². The van der Waals surface area contributed by atoms with Crippen molar-refractivity contribution in [1.29, 1.82) is 0 Å². The molecule has 0 aromatic carbocycles. The Morgan fingerprint density at radius 2 is 1.13 bits per heavy atom. The number of nitrogens with two attached hydrogens (primary N) is 1. The Morgan fingerprint density at radius 3 is 1.62 bits per heavy atom. The number of phosphoric ester groups is 1. The predicted molar refractivity (Wildman–Crippen MR) is 246 cm³/mol. The fourth-order valence-corrected chi connectivity index (χ4v) is 7.96. The van der Waals surface area contributed by atoms with Crippen LogP contribution in [0.25, 0.3) is 0 Å². The standard InChI is InChI=1S/C48H88N3O9P/c1-3-5-7-9-11-13-15-17-19-21-23-25-27-29-31-35-47(53)57-40-44(41-59-61(55,56)58-37-33-34-46(52)45(49)38-43-39-50-42-51-43)60-48(54)36-32-30-28-26-24-22-20-18-16-14-12-10-8-6-4-2/h17,19,39,42,44-45H,3-16,18,20-38,40-41,49H2,1-2H3,(H,50,51)(H,55,56)/b19-17-. The largest absolute Gasteiger partial charge is 0.472 e. The molecule has 3 unspecified atom stereocenters. The molecule has 0 amide bonds. The van der Waals surface area contributed by atoms with Gasteiger partial charge in [0.2, 0.25) is 0 Å². The molecule has 1 aromatic heterocycles. The molecule has 354 valence electrons. The maximum atomic E-state index is 12.8. The first-order chi connectivity index (χ1) is 29.7. The molecule has 0 spiro atoms. The van der Waals surface area contributed by atoms with Gasteiger partial charge in [-0.25, -0.2) is 9.55 Å². The second kappa shape index (κ2) is 40.4. The zero-order chi connectivity index (χ0) is 44.5. The highest BCUT2D eigenvalue weighted by molar-refractivity contribution is 7.47. The maximum Gasteiger partial charge on any atom is 0.472 e. The Morgan fingerprint density at radius 1 is 0.656 bits per heavy atom. The number of aromatic amines is 1. The van der Waals surface area contributed by atoms with Crippen LogP contribution in [-0.4, -0.2) is 64.5 Å². The van der Waals surface area contributed by atoms with Crippen molar-refractivity contribution in [3.8, 4) is 0 Å². The number of rotatable bonds is 45. The summed E-state index contributed by atoms with van der Waals surface area (Å²) in [4.78, 5) is 54.9. The fourth-order valence-electron chi connectivity index (χ4n) is 7.17. The van der Waals surface area contributed by atoms with Gasteiger partial charge in [0.1, 0.15) is 12.4 Å². The predicted octanol–water partition coefficient (Wildman–Crippen LogP) is 12.5. The van der Waals surface area contributed by atoms with Crippen molar-refractivity contribution in [3.05, 3.63) is 30.4 Å². The van der Waals surface area contributed by atoms with E-state index in [2.05, 4.69) is 36.0 Å². The van der Waals surface area contributed by atoms with Crippen LogP contribution in [0.4, 0.5) is 0 Å². The van der Waals surface area contributed by atoms with E-state index in [1.54, 1.807) is 6.20 Å². The molecule has 0 saturated heterocycles. The first-order valence-electron chi connectivity index (χ1n) is 24.5. The van der Waals surface area contributed by atoms with Crippen molar-refractivity contribution >= 4 is 25.5 Å². The molecule has 13 heteroatoms. The maximum absolute atomic E-state index is 12.8. The quantitative estimate of drug-likeness (QED) is 0.0245. The summed E-state index contributed by atoms with van der Waals surface area (Å²) in [6, 6.07) is -0.734. The summed E-state index contributed by atoms with van der Waals surface area (Å²) in [6.45, 7) is 3.49. The van der Waals surface area contributed by atoms with E-state index >= 15 is 0 Å². The molecule has 0 bridgehead atoms. The van der Waals surface area contributed by atoms with Crippen LogP contribution in [-0.2, 0) is 43.9 Å². The molecular weight excluding hydrogens is 794 g/mol. The molecule has 12 nitrogen and oxygen atoms in total. The van der Waals surface area contributed by atoms with E-state index in [-0.39, 0.29) is 44.7 Å². The zero-order valence-corrected chi connectivity index (χ0v) is 39.5. The Hall–Kier alpha value is -2.37. The number of ether oxygens (including phenoxy) is 2. The summed E-state index contributed by atoms with van der Waals surface area (Å²) in [6.07, 6.45) is 41.0. The Labute approximate surface area is 370 Å². The van der Waals surface area contributed by atoms with Crippen molar-refractivity contribution in [1.82, 2.24) is 9.97 Å². The van der Waals surface area contributed by atoms with E-state index in [0.29, 0.717) is 19.3 Å². The van der Waals surface area contributed by atoms with E-state index in [4.69, 9.17) is 24.3 Å².